The standard InChI is InChI=1S/C25H20FN3O3/c1-27-20-5-2-4-18(15-20)24(31)28-21-10-11-22(29(32)16-21)25(12-3-13-25)23(30)14-17-6-8-19(26)9-7-17/h2,4-11,15-16H,3,12-14H2,(H-,28,31,32)/p+1. The van der Waals surface area contributed by atoms with E-state index in [0.29, 0.717) is 35.5 Å². The monoisotopic (exact) mass is 430 g/mol. The number of rotatable bonds is 6. The quantitative estimate of drug-likeness (QED) is 0.346. The molecule has 6 nitrogen and oxygen atoms in total. The number of nitrogens with one attached hydrogen (secondary N) is 1. The van der Waals surface area contributed by atoms with Crippen LogP contribution in [0.25, 0.3) is 4.85 Å². The van der Waals surface area contributed by atoms with Crippen molar-refractivity contribution in [2.75, 3.05) is 5.32 Å². The van der Waals surface area contributed by atoms with Gasteiger partial charge in [0.25, 0.3) is 5.91 Å². The molecule has 2 aromatic carbocycles. The van der Waals surface area contributed by atoms with Crippen LogP contribution in [0.2, 0.25) is 0 Å². The van der Waals surface area contributed by atoms with E-state index >= 15 is 0 Å². The first-order valence-electron chi connectivity index (χ1n) is 10.2. The summed E-state index contributed by atoms with van der Waals surface area (Å²) in [4.78, 5) is 29.0. The number of halogens is 1. The van der Waals surface area contributed by atoms with Crippen LogP contribution in [-0.2, 0) is 16.6 Å². The van der Waals surface area contributed by atoms with Crippen molar-refractivity contribution >= 4 is 23.1 Å². The zero-order valence-electron chi connectivity index (χ0n) is 17.2. The highest BCUT2D eigenvalue weighted by molar-refractivity contribution is 6.04. The van der Waals surface area contributed by atoms with Gasteiger partial charge in [-0.1, -0.05) is 36.8 Å². The van der Waals surface area contributed by atoms with Gasteiger partial charge < -0.3 is 5.32 Å². The molecule has 1 saturated carbocycles. The first kappa shape index (κ1) is 21.2. The lowest BCUT2D eigenvalue weighted by molar-refractivity contribution is -0.911. The molecule has 0 unspecified atom stereocenters. The van der Waals surface area contributed by atoms with Gasteiger partial charge in [0.1, 0.15) is 16.9 Å². The van der Waals surface area contributed by atoms with E-state index in [1.165, 1.54) is 24.4 Å². The average molecular weight is 430 g/mol. The van der Waals surface area contributed by atoms with Crippen LogP contribution in [-0.4, -0.2) is 16.9 Å². The Labute approximate surface area is 184 Å². The predicted octanol–water partition coefficient (Wildman–Crippen LogP) is 4.39. The lowest BCUT2D eigenvalue weighted by atomic mass is 9.62. The maximum absolute atomic E-state index is 13.2. The summed E-state index contributed by atoms with van der Waals surface area (Å²) < 4.78 is 14.1. The summed E-state index contributed by atoms with van der Waals surface area (Å²) >= 11 is 0. The molecule has 1 heterocycles. The van der Waals surface area contributed by atoms with Crippen LogP contribution in [0, 0.1) is 12.4 Å². The number of hydrogen-bond acceptors (Lipinski definition) is 3. The zero-order chi connectivity index (χ0) is 22.7. The zero-order valence-corrected chi connectivity index (χ0v) is 17.2. The third-order valence-corrected chi connectivity index (χ3v) is 5.93. The highest BCUT2D eigenvalue weighted by Crippen LogP contribution is 2.44. The molecule has 4 rings (SSSR count). The van der Waals surface area contributed by atoms with E-state index in [1.54, 1.807) is 42.5 Å². The van der Waals surface area contributed by atoms with Gasteiger partial charge >= 0.3 is 0 Å². The van der Waals surface area contributed by atoms with Crippen molar-refractivity contribution in [1.82, 2.24) is 0 Å². The maximum Gasteiger partial charge on any atom is 0.254 e. The molecule has 1 fully saturated rings. The first-order chi connectivity index (χ1) is 15.4. The number of carbonyl (C=O) groups is 2. The van der Waals surface area contributed by atoms with Crippen LogP contribution in [0.1, 0.15) is 40.9 Å². The molecule has 2 N–H and O–H groups in total. The van der Waals surface area contributed by atoms with Gasteiger partial charge in [0.15, 0.2) is 11.5 Å². The van der Waals surface area contributed by atoms with Crippen molar-refractivity contribution in [2.45, 2.75) is 31.1 Å². The number of hydrogen-bond donors (Lipinski definition) is 2. The minimum atomic E-state index is -0.810. The van der Waals surface area contributed by atoms with Gasteiger partial charge in [0, 0.05) is 22.8 Å². The van der Waals surface area contributed by atoms with Gasteiger partial charge in [0.05, 0.1) is 6.57 Å². The fraction of sp³-hybridized carbons (Fsp3) is 0.200. The van der Waals surface area contributed by atoms with Crippen LogP contribution < -0.4 is 10.0 Å². The number of aromatic nitrogens is 1. The van der Waals surface area contributed by atoms with Crippen LogP contribution in [0.3, 0.4) is 0 Å². The Kier molecular flexibility index (Phi) is 5.69. The van der Waals surface area contributed by atoms with Gasteiger partial charge in [-0.2, -0.15) is 0 Å². The first-order valence-corrected chi connectivity index (χ1v) is 10.2. The topological polar surface area (TPSA) is 74.6 Å². The summed E-state index contributed by atoms with van der Waals surface area (Å²) in [6, 6.07) is 15.5. The Morgan fingerprint density at radius 2 is 1.88 bits per heavy atom. The van der Waals surface area contributed by atoms with Gasteiger partial charge in [-0.25, -0.2) is 9.24 Å². The maximum atomic E-state index is 13.2. The number of Topliss-reactive ketones (excluding diaryl/α,β-unsaturated/α-hetero) is 1. The lowest BCUT2D eigenvalue weighted by Crippen LogP contribution is -2.52. The molecule has 0 saturated heterocycles. The fourth-order valence-corrected chi connectivity index (χ4v) is 4.03. The van der Waals surface area contributed by atoms with Gasteiger partial charge in [-0.05, 0) is 42.7 Å². The normalized spacial score (nSPS) is 14.1. The van der Waals surface area contributed by atoms with E-state index in [9.17, 15) is 19.2 Å². The van der Waals surface area contributed by atoms with E-state index in [2.05, 4.69) is 10.2 Å². The number of amides is 1. The molecule has 1 aromatic heterocycles. The summed E-state index contributed by atoms with van der Waals surface area (Å²) in [7, 11) is 0. The largest absolute Gasteiger partial charge is 0.317 e. The SMILES string of the molecule is [C-]#[N+]c1cccc(C(=O)Nc2ccc(C3(C(=O)Cc4ccc(F)cc4)CCC3)[n+](O)c2)c1. The van der Waals surface area contributed by atoms with Crippen molar-refractivity contribution in [3.05, 3.63) is 101 Å². The minimum absolute atomic E-state index is 0.0362. The smallest absolute Gasteiger partial charge is 0.254 e. The number of ketones is 1. The molecule has 0 aliphatic heterocycles. The molecule has 0 bridgehead atoms. The molecule has 1 aliphatic rings. The Bertz CT molecular complexity index is 1230. The molecule has 1 aliphatic carbocycles. The van der Waals surface area contributed by atoms with E-state index in [4.69, 9.17) is 6.57 Å². The second-order valence-electron chi connectivity index (χ2n) is 7.93. The van der Waals surface area contributed by atoms with Crippen molar-refractivity contribution in [1.29, 1.82) is 0 Å². The van der Waals surface area contributed by atoms with Gasteiger partial charge in [-0.3, -0.25) is 14.8 Å². The Morgan fingerprint density at radius 3 is 2.50 bits per heavy atom. The molecule has 1 amide bonds. The summed E-state index contributed by atoms with van der Waals surface area (Å²) in [6.45, 7) is 7.06. The molecule has 0 atom stereocenters. The van der Waals surface area contributed by atoms with Crippen LogP contribution in [0.15, 0.2) is 66.9 Å². The summed E-state index contributed by atoms with van der Waals surface area (Å²) in [6.07, 6.45) is 3.60. The van der Waals surface area contributed by atoms with Crippen molar-refractivity contribution in [3.8, 4) is 0 Å². The summed E-state index contributed by atoms with van der Waals surface area (Å²) in [5, 5.41) is 13.3. The molecular formula is C25H21FN3O3+. The van der Waals surface area contributed by atoms with Crippen molar-refractivity contribution in [2.24, 2.45) is 0 Å². The second-order valence-corrected chi connectivity index (χ2v) is 7.93. The summed E-state index contributed by atoms with van der Waals surface area (Å²) in [5.41, 5.74) is 1.42. The Balaban J connectivity index is 1.53. The average Bonchev–Trinajstić information content (AvgIpc) is 2.76. The summed E-state index contributed by atoms with van der Waals surface area (Å²) in [5.74, 6) is -0.800. The van der Waals surface area contributed by atoms with E-state index in [0.717, 1.165) is 16.7 Å². The molecule has 7 heteroatoms. The lowest BCUT2D eigenvalue weighted by Gasteiger charge is -2.36. The molecule has 32 heavy (non-hydrogen) atoms. The second kappa shape index (κ2) is 8.60. The molecule has 160 valence electrons. The van der Waals surface area contributed by atoms with Gasteiger partial charge in [-0.15, -0.1) is 0 Å². The number of benzene rings is 2. The molecule has 3 aromatic rings. The molecule has 0 spiro atoms. The third kappa shape index (κ3) is 4.08. The number of nitrogens with zero attached hydrogens (tertiary/aromatic N) is 2. The minimum Gasteiger partial charge on any atom is -0.317 e. The predicted molar refractivity (Wildman–Crippen MR) is 115 cm³/mol. The van der Waals surface area contributed by atoms with Crippen LogP contribution in [0.5, 0.6) is 0 Å². The third-order valence-electron chi connectivity index (χ3n) is 5.93. The number of pyridine rings is 1. The highest BCUT2D eigenvalue weighted by atomic mass is 19.1. The highest BCUT2D eigenvalue weighted by Gasteiger charge is 2.51. The van der Waals surface area contributed by atoms with E-state index < -0.39 is 11.3 Å². The Morgan fingerprint density at radius 1 is 1.12 bits per heavy atom. The van der Waals surface area contributed by atoms with Crippen LogP contribution >= 0.6 is 0 Å². The van der Waals surface area contributed by atoms with Crippen molar-refractivity contribution < 1.29 is 23.9 Å². The number of anilines is 1. The molecular weight excluding hydrogens is 409 g/mol. The number of carbonyl (C=O) groups excluding carboxylic acids is 2. The van der Waals surface area contributed by atoms with Crippen molar-refractivity contribution in [3.63, 3.8) is 0 Å². The Hall–Kier alpha value is -4.05. The molecule has 0 radical (unpaired) electrons. The van der Waals surface area contributed by atoms with E-state index in [-0.39, 0.29) is 18.0 Å². The van der Waals surface area contributed by atoms with Gasteiger partial charge in [0.2, 0.25) is 11.9 Å². The van der Waals surface area contributed by atoms with E-state index in [1.807, 2.05) is 0 Å². The fourth-order valence-electron chi connectivity index (χ4n) is 4.03. The van der Waals surface area contributed by atoms with Crippen LogP contribution in [0.4, 0.5) is 15.8 Å².